The number of nitrogens with zero attached hydrogens (tertiary/aromatic N) is 2. The van der Waals surface area contributed by atoms with Crippen molar-refractivity contribution in [1.82, 2.24) is 4.90 Å². The summed E-state index contributed by atoms with van der Waals surface area (Å²) in [4.78, 5) is 28.7. The fourth-order valence-corrected chi connectivity index (χ4v) is 5.54. The minimum atomic E-state index is -0.361. The van der Waals surface area contributed by atoms with E-state index in [2.05, 4.69) is 15.9 Å². The molecule has 2 amide bonds. The Hall–Kier alpha value is -1.86. The second kappa shape index (κ2) is 7.28. The van der Waals surface area contributed by atoms with E-state index >= 15 is 0 Å². The smallest absolute Gasteiger partial charge is 0.255 e. The molecule has 0 saturated carbocycles. The van der Waals surface area contributed by atoms with Crippen LogP contribution in [0.1, 0.15) is 23.2 Å². The number of likely N-dealkylation sites (tertiary alicyclic amines) is 1. The lowest BCUT2D eigenvalue weighted by atomic mass is 10.00. The average Bonchev–Trinajstić information content (AvgIpc) is 2.99. The van der Waals surface area contributed by atoms with E-state index in [4.69, 9.17) is 0 Å². The van der Waals surface area contributed by atoms with Gasteiger partial charge < -0.3 is 4.90 Å². The van der Waals surface area contributed by atoms with Crippen molar-refractivity contribution >= 4 is 45.2 Å². The summed E-state index contributed by atoms with van der Waals surface area (Å²) in [6, 6.07) is 13.5. The topological polar surface area (TPSA) is 40.6 Å². The summed E-state index contributed by atoms with van der Waals surface area (Å²) in [5, 5.41) is 0. The molecular weight excluding hydrogens is 431 g/mol. The van der Waals surface area contributed by atoms with E-state index in [0.717, 1.165) is 10.2 Å². The number of benzene rings is 2. The summed E-state index contributed by atoms with van der Waals surface area (Å²) < 4.78 is 14.1. The van der Waals surface area contributed by atoms with Crippen LogP contribution in [0.4, 0.5) is 10.1 Å². The van der Waals surface area contributed by atoms with Gasteiger partial charge in [-0.15, -0.1) is 11.8 Å². The number of piperidine rings is 1. The summed E-state index contributed by atoms with van der Waals surface area (Å²) in [5.41, 5.74) is 1.37. The second-order valence-corrected chi connectivity index (χ2v) is 8.90. The minimum absolute atomic E-state index is 0.0000179. The third-order valence-corrected chi connectivity index (χ3v) is 7.35. The zero-order chi connectivity index (χ0) is 19.0. The molecule has 27 heavy (non-hydrogen) atoms. The number of rotatable bonds is 2. The molecule has 2 aromatic carbocycles. The van der Waals surface area contributed by atoms with E-state index in [1.54, 1.807) is 28.8 Å². The fourth-order valence-electron chi connectivity index (χ4n) is 3.75. The summed E-state index contributed by atoms with van der Waals surface area (Å²) >= 11 is 5.07. The maximum absolute atomic E-state index is 13.3. The Balaban J connectivity index is 1.53. The van der Waals surface area contributed by atoms with Gasteiger partial charge in [-0.3, -0.25) is 14.5 Å². The van der Waals surface area contributed by atoms with Gasteiger partial charge in [-0.2, -0.15) is 0 Å². The summed E-state index contributed by atoms with van der Waals surface area (Å²) in [5.74, 6) is 0.133. The van der Waals surface area contributed by atoms with E-state index < -0.39 is 0 Å². The monoisotopic (exact) mass is 448 g/mol. The number of amides is 2. The van der Waals surface area contributed by atoms with Crippen LogP contribution in [0.25, 0.3) is 0 Å². The molecule has 0 unspecified atom stereocenters. The largest absolute Gasteiger partial charge is 0.338 e. The molecule has 1 spiro atoms. The predicted octanol–water partition coefficient (Wildman–Crippen LogP) is 4.30. The number of hydrogen-bond donors (Lipinski definition) is 0. The molecule has 140 valence electrons. The highest BCUT2D eigenvalue weighted by molar-refractivity contribution is 9.10. The molecule has 0 radical (unpaired) electrons. The molecule has 0 bridgehead atoms. The van der Waals surface area contributed by atoms with E-state index in [1.165, 1.54) is 12.1 Å². The molecule has 2 fully saturated rings. The summed E-state index contributed by atoms with van der Waals surface area (Å²) in [6.07, 6.45) is 1.38. The Morgan fingerprint density at radius 3 is 2.41 bits per heavy atom. The van der Waals surface area contributed by atoms with Gasteiger partial charge in [-0.1, -0.05) is 12.1 Å². The standard InChI is InChI=1S/C20H18BrFN2O2S/c21-17-4-2-1-3-16(17)19(26)23-11-9-20(10-12-23)24(18(25)13-27-20)15-7-5-14(22)6-8-15/h1-8H,9-13H2. The molecular formula is C20H18BrFN2O2S. The molecule has 2 heterocycles. The molecule has 2 aliphatic heterocycles. The van der Waals surface area contributed by atoms with Crippen LogP contribution in [0.5, 0.6) is 0 Å². The molecule has 2 aromatic rings. The number of halogens is 2. The van der Waals surface area contributed by atoms with Crippen molar-refractivity contribution in [2.45, 2.75) is 17.7 Å². The van der Waals surface area contributed by atoms with Gasteiger partial charge in [0.1, 0.15) is 5.82 Å². The Morgan fingerprint density at radius 2 is 1.74 bits per heavy atom. The number of carbonyl (C=O) groups excluding carboxylic acids is 2. The SMILES string of the molecule is O=C(c1ccccc1Br)N1CCC2(CC1)SCC(=O)N2c1ccc(F)cc1. The maximum Gasteiger partial charge on any atom is 0.255 e. The van der Waals surface area contributed by atoms with Crippen molar-refractivity contribution in [2.24, 2.45) is 0 Å². The third kappa shape index (κ3) is 3.38. The quantitative estimate of drug-likeness (QED) is 0.687. The lowest BCUT2D eigenvalue weighted by molar-refractivity contribution is -0.116. The Bertz CT molecular complexity index is 882. The van der Waals surface area contributed by atoms with Crippen molar-refractivity contribution in [3.8, 4) is 0 Å². The van der Waals surface area contributed by atoms with Gasteiger partial charge in [-0.05, 0) is 65.2 Å². The first-order chi connectivity index (χ1) is 13.0. The molecule has 7 heteroatoms. The van der Waals surface area contributed by atoms with Gasteiger partial charge in [0.05, 0.1) is 16.2 Å². The van der Waals surface area contributed by atoms with E-state index in [-0.39, 0.29) is 22.5 Å². The Kier molecular flexibility index (Phi) is 4.99. The molecule has 4 rings (SSSR count). The highest BCUT2D eigenvalue weighted by Gasteiger charge is 2.49. The van der Waals surface area contributed by atoms with Crippen LogP contribution in [0.2, 0.25) is 0 Å². The van der Waals surface area contributed by atoms with Crippen LogP contribution in [0, 0.1) is 5.82 Å². The van der Waals surface area contributed by atoms with Gasteiger partial charge >= 0.3 is 0 Å². The molecule has 2 saturated heterocycles. The zero-order valence-corrected chi connectivity index (χ0v) is 16.9. The van der Waals surface area contributed by atoms with Crippen LogP contribution in [-0.2, 0) is 4.79 Å². The first-order valence-corrected chi connectivity index (χ1v) is 10.5. The first-order valence-electron chi connectivity index (χ1n) is 8.77. The van der Waals surface area contributed by atoms with Crippen LogP contribution in [0.15, 0.2) is 53.0 Å². The number of thioether (sulfide) groups is 1. The number of anilines is 1. The highest BCUT2D eigenvalue weighted by Crippen LogP contribution is 2.47. The van der Waals surface area contributed by atoms with E-state index in [9.17, 15) is 14.0 Å². The molecule has 0 aromatic heterocycles. The van der Waals surface area contributed by atoms with Crippen molar-refractivity contribution in [3.05, 3.63) is 64.4 Å². The summed E-state index contributed by atoms with van der Waals surface area (Å²) in [6.45, 7) is 1.16. The number of carbonyl (C=O) groups is 2. The van der Waals surface area contributed by atoms with E-state index in [1.807, 2.05) is 29.2 Å². The van der Waals surface area contributed by atoms with Crippen LogP contribution in [0.3, 0.4) is 0 Å². The highest BCUT2D eigenvalue weighted by atomic mass is 79.9. The number of hydrogen-bond acceptors (Lipinski definition) is 3. The molecule has 0 atom stereocenters. The first kappa shape index (κ1) is 18.5. The van der Waals surface area contributed by atoms with Crippen LogP contribution >= 0.6 is 27.7 Å². The van der Waals surface area contributed by atoms with Gasteiger partial charge in [0, 0.05) is 23.2 Å². The van der Waals surface area contributed by atoms with Gasteiger partial charge in [0.15, 0.2) is 0 Å². The zero-order valence-electron chi connectivity index (χ0n) is 14.5. The fraction of sp³-hybridized carbons (Fsp3) is 0.300. The Morgan fingerprint density at radius 1 is 1.07 bits per heavy atom. The molecule has 4 nitrogen and oxygen atoms in total. The molecule has 0 aliphatic carbocycles. The lowest BCUT2D eigenvalue weighted by Crippen LogP contribution is -2.53. The van der Waals surface area contributed by atoms with E-state index in [0.29, 0.717) is 37.2 Å². The van der Waals surface area contributed by atoms with Crippen molar-refractivity contribution in [2.75, 3.05) is 23.7 Å². The summed E-state index contributed by atoms with van der Waals surface area (Å²) in [7, 11) is 0. The van der Waals surface area contributed by atoms with Crippen molar-refractivity contribution in [3.63, 3.8) is 0 Å². The third-order valence-electron chi connectivity index (χ3n) is 5.14. The maximum atomic E-state index is 13.3. The second-order valence-electron chi connectivity index (χ2n) is 6.71. The van der Waals surface area contributed by atoms with Gasteiger partial charge in [0.2, 0.25) is 5.91 Å². The van der Waals surface area contributed by atoms with Crippen LogP contribution in [-0.4, -0.2) is 40.4 Å². The normalized spacial score (nSPS) is 19.0. The van der Waals surface area contributed by atoms with Crippen molar-refractivity contribution in [1.29, 1.82) is 0 Å². The minimum Gasteiger partial charge on any atom is -0.338 e. The van der Waals surface area contributed by atoms with Gasteiger partial charge in [-0.25, -0.2) is 4.39 Å². The predicted molar refractivity (Wildman–Crippen MR) is 108 cm³/mol. The molecule has 0 N–H and O–H groups in total. The lowest BCUT2D eigenvalue weighted by Gasteiger charge is -2.44. The molecule has 2 aliphatic rings. The average molecular weight is 449 g/mol. The van der Waals surface area contributed by atoms with Crippen molar-refractivity contribution < 1.29 is 14.0 Å². The Labute approximate surface area is 169 Å². The van der Waals surface area contributed by atoms with Gasteiger partial charge in [0.25, 0.3) is 5.91 Å². The van der Waals surface area contributed by atoms with Crippen LogP contribution < -0.4 is 4.90 Å².